The molecule has 2 nitrogen and oxygen atoms in total. The second-order valence-electron chi connectivity index (χ2n) is 5.15. The molecule has 2 aromatic rings. The molecule has 1 aromatic carbocycles. The fraction of sp³-hybridized carbons (Fsp3) is 0.357. The van der Waals surface area contributed by atoms with Crippen LogP contribution in [0.5, 0.6) is 0 Å². The van der Waals surface area contributed by atoms with Crippen LogP contribution < -0.4 is 5.73 Å². The largest absolute Gasteiger partial charge is 0.325 e. The molecule has 1 aromatic heterocycles. The SMILES string of the molecule is CC(C)(C)c1ccc2c(CN)nccc2c1. The summed E-state index contributed by atoms with van der Waals surface area (Å²) < 4.78 is 0. The van der Waals surface area contributed by atoms with Gasteiger partial charge in [-0.2, -0.15) is 0 Å². The summed E-state index contributed by atoms with van der Waals surface area (Å²) in [5.74, 6) is 0. The van der Waals surface area contributed by atoms with Gasteiger partial charge in [0.05, 0.1) is 5.69 Å². The molecule has 0 aliphatic heterocycles. The van der Waals surface area contributed by atoms with Gasteiger partial charge in [-0.15, -0.1) is 0 Å². The van der Waals surface area contributed by atoms with Crippen LogP contribution in [0.1, 0.15) is 32.0 Å². The average molecular weight is 214 g/mol. The summed E-state index contributed by atoms with van der Waals surface area (Å²) in [6.07, 6.45) is 1.83. The quantitative estimate of drug-likeness (QED) is 0.792. The third-order valence-corrected chi connectivity index (χ3v) is 2.91. The first kappa shape index (κ1) is 11.1. The van der Waals surface area contributed by atoms with Gasteiger partial charge in [-0.25, -0.2) is 0 Å². The molecule has 0 saturated carbocycles. The molecule has 16 heavy (non-hydrogen) atoms. The molecule has 0 bridgehead atoms. The lowest BCUT2D eigenvalue weighted by atomic mass is 9.86. The first-order valence-electron chi connectivity index (χ1n) is 5.60. The number of hydrogen-bond acceptors (Lipinski definition) is 2. The second kappa shape index (κ2) is 3.87. The van der Waals surface area contributed by atoms with E-state index in [-0.39, 0.29) is 5.41 Å². The summed E-state index contributed by atoms with van der Waals surface area (Å²) in [5, 5.41) is 2.39. The minimum atomic E-state index is 0.181. The third-order valence-electron chi connectivity index (χ3n) is 2.91. The van der Waals surface area contributed by atoms with Crippen molar-refractivity contribution in [1.29, 1.82) is 0 Å². The monoisotopic (exact) mass is 214 g/mol. The molecule has 0 fully saturated rings. The molecule has 0 radical (unpaired) electrons. The van der Waals surface area contributed by atoms with Crippen LogP contribution in [0.3, 0.4) is 0 Å². The highest BCUT2D eigenvalue weighted by Gasteiger charge is 2.14. The van der Waals surface area contributed by atoms with E-state index in [1.165, 1.54) is 10.9 Å². The van der Waals surface area contributed by atoms with Gasteiger partial charge in [-0.05, 0) is 22.4 Å². The van der Waals surface area contributed by atoms with E-state index in [9.17, 15) is 0 Å². The van der Waals surface area contributed by atoms with E-state index >= 15 is 0 Å². The Morgan fingerprint density at radius 2 is 1.94 bits per heavy atom. The van der Waals surface area contributed by atoms with Crippen molar-refractivity contribution < 1.29 is 0 Å². The maximum Gasteiger partial charge on any atom is 0.0617 e. The minimum Gasteiger partial charge on any atom is -0.325 e. The molecule has 0 unspecified atom stereocenters. The van der Waals surface area contributed by atoms with Gasteiger partial charge in [-0.1, -0.05) is 39.0 Å². The van der Waals surface area contributed by atoms with Crippen LogP contribution in [0.25, 0.3) is 10.8 Å². The first-order chi connectivity index (χ1) is 7.52. The summed E-state index contributed by atoms with van der Waals surface area (Å²) >= 11 is 0. The first-order valence-corrected chi connectivity index (χ1v) is 5.60. The van der Waals surface area contributed by atoms with E-state index in [0.717, 1.165) is 11.1 Å². The Morgan fingerprint density at radius 1 is 1.19 bits per heavy atom. The van der Waals surface area contributed by atoms with Crippen molar-refractivity contribution in [3.8, 4) is 0 Å². The summed E-state index contributed by atoms with van der Waals surface area (Å²) in [7, 11) is 0. The minimum absolute atomic E-state index is 0.181. The Bertz CT molecular complexity index is 510. The van der Waals surface area contributed by atoms with Crippen LogP contribution >= 0.6 is 0 Å². The molecular weight excluding hydrogens is 196 g/mol. The lowest BCUT2D eigenvalue weighted by molar-refractivity contribution is 0.591. The van der Waals surface area contributed by atoms with Gasteiger partial charge >= 0.3 is 0 Å². The highest BCUT2D eigenvalue weighted by molar-refractivity contribution is 5.85. The average Bonchev–Trinajstić information content (AvgIpc) is 2.26. The Balaban J connectivity index is 2.64. The molecule has 0 spiro atoms. The Kier molecular flexibility index (Phi) is 2.68. The molecule has 0 saturated heterocycles. The smallest absolute Gasteiger partial charge is 0.0617 e. The van der Waals surface area contributed by atoms with Crippen LogP contribution in [0.4, 0.5) is 0 Å². The van der Waals surface area contributed by atoms with Crippen LogP contribution in [-0.4, -0.2) is 4.98 Å². The van der Waals surface area contributed by atoms with E-state index < -0.39 is 0 Å². The predicted octanol–water partition coefficient (Wildman–Crippen LogP) is 2.99. The number of pyridine rings is 1. The van der Waals surface area contributed by atoms with Gasteiger partial charge in [0.15, 0.2) is 0 Å². The van der Waals surface area contributed by atoms with Gasteiger partial charge in [0, 0.05) is 18.1 Å². The third kappa shape index (κ3) is 1.93. The Labute approximate surface area is 96.5 Å². The van der Waals surface area contributed by atoms with Crippen LogP contribution in [0.2, 0.25) is 0 Å². The molecule has 0 aliphatic carbocycles. The fourth-order valence-electron chi connectivity index (χ4n) is 1.87. The highest BCUT2D eigenvalue weighted by atomic mass is 14.7. The number of nitrogens with two attached hydrogens (primary N) is 1. The van der Waals surface area contributed by atoms with Gasteiger partial charge < -0.3 is 5.73 Å². The van der Waals surface area contributed by atoms with Crippen LogP contribution in [0.15, 0.2) is 30.5 Å². The fourth-order valence-corrected chi connectivity index (χ4v) is 1.87. The normalized spacial score (nSPS) is 12.0. The van der Waals surface area contributed by atoms with E-state index in [1.807, 2.05) is 12.3 Å². The molecule has 0 atom stereocenters. The molecule has 2 heteroatoms. The lowest BCUT2D eigenvalue weighted by Gasteiger charge is -2.19. The zero-order chi connectivity index (χ0) is 11.8. The topological polar surface area (TPSA) is 38.9 Å². The lowest BCUT2D eigenvalue weighted by Crippen LogP contribution is -2.11. The summed E-state index contributed by atoms with van der Waals surface area (Å²) in [4.78, 5) is 4.29. The molecule has 2 N–H and O–H groups in total. The van der Waals surface area contributed by atoms with E-state index in [0.29, 0.717) is 6.54 Å². The van der Waals surface area contributed by atoms with Crippen LogP contribution in [-0.2, 0) is 12.0 Å². The number of aromatic nitrogens is 1. The zero-order valence-corrected chi connectivity index (χ0v) is 10.1. The van der Waals surface area contributed by atoms with Crippen molar-refractivity contribution in [1.82, 2.24) is 4.98 Å². The summed E-state index contributed by atoms with van der Waals surface area (Å²) in [6, 6.07) is 8.58. The van der Waals surface area contributed by atoms with Gasteiger partial charge in [0.25, 0.3) is 0 Å². The number of hydrogen-bond donors (Lipinski definition) is 1. The van der Waals surface area contributed by atoms with E-state index in [4.69, 9.17) is 5.73 Å². The molecule has 0 amide bonds. The van der Waals surface area contributed by atoms with Crippen molar-refractivity contribution in [3.05, 3.63) is 41.7 Å². The molecule has 0 aliphatic rings. The van der Waals surface area contributed by atoms with Crippen molar-refractivity contribution in [2.75, 3.05) is 0 Å². The number of nitrogens with zero attached hydrogens (tertiary/aromatic N) is 1. The number of benzene rings is 1. The van der Waals surface area contributed by atoms with Crippen molar-refractivity contribution in [2.24, 2.45) is 5.73 Å². The summed E-state index contributed by atoms with van der Waals surface area (Å²) in [5.41, 5.74) is 8.17. The number of rotatable bonds is 1. The molecule has 2 rings (SSSR count). The van der Waals surface area contributed by atoms with E-state index in [1.54, 1.807) is 0 Å². The van der Waals surface area contributed by atoms with Crippen molar-refractivity contribution >= 4 is 10.8 Å². The zero-order valence-electron chi connectivity index (χ0n) is 10.1. The number of fused-ring (bicyclic) bond motifs is 1. The molecular formula is C14H18N2. The molecule has 1 heterocycles. The molecule has 84 valence electrons. The highest BCUT2D eigenvalue weighted by Crippen LogP contribution is 2.26. The Morgan fingerprint density at radius 3 is 2.56 bits per heavy atom. The second-order valence-corrected chi connectivity index (χ2v) is 5.15. The standard InChI is InChI=1S/C14H18N2/c1-14(2,3)11-4-5-12-10(8-11)6-7-16-13(12)9-15/h4-8H,9,15H2,1-3H3. The van der Waals surface area contributed by atoms with Gasteiger partial charge in [-0.3, -0.25) is 4.98 Å². The maximum atomic E-state index is 5.68. The van der Waals surface area contributed by atoms with E-state index in [2.05, 4.69) is 44.0 Å². The predicted molar refractivity (Wildman–Crippen MR) is 68.3 cm³/mol. The van der Waals surface area contributed by atoms with Gasteiger partial charge in [0.2, 0.25) is 0 Å². The maximum absolute atomic E-state index is 5.68. The Hall–Kier alpha value is -1.41. The van der Waals surface area contributed by atoms with Crippen molar-refractivity contribution in [3.63, 3.8) is 0 Å². The van der Waals surface area contributed by atoms with Crippen molar-refractivity contribution in [2.45, 2.75) is 32.7 Å². The van der Waals surface area contributed by atoms with Gasteiger partial charge in [0.1, 0.15) is 0 Å². The van der Waals surface area contributed by atoms with Crippen LogP contribution in [0, 0.1) is 0 Å². The summed E-state index contributed by atoms with van der Waals surface area (Å²) in [6.45, 7) is 7.16.